The average Bonchev–Trinajstić information content (AvgIpc) is 2.33. The van der Waals surface area contributed by atoms with E-state index in [2.05, 4.69) is 5.32 Å². The van der Waals surface area contributed by atoms with Crippen molar-refractivity contribution in [1.82, 2.24) is 5.32 Å². The Morgan fingerprint density at radius 1 is 1.50 bits per heavy atom. The highest BCUT2D eigenvalue weighted by Gasteiger charge is 2.30. The number of aliphatic hydroxyl groups is 1. The Kier molecular flexibility index (Phi) is 4.51. The number of halogens is 2. The van der Waals surface area contributed by atoms with Gasteiger partial charge in [0.15, 0.2) is 0 Å². The van der Waals surface area contributed by atoms with Crippen LogP contribution in [0.4, 0.5) is 0 Å². The molecule has 2 N–H and O–H groups in total. The zero-order valence-corrected chi connectivity index (χ0v) is 11.8. The van der Waals surface area contributed by atoms with Gasteiger partial charge in [-0.2, -0.15) is 0 Å². The van der Waals surface area contributed by atoms with E-state index in [1.165, 1.54) is 0 Å². The summed E-state index contributed by atoms with van der Waals surface area (Å²) < 4.78 is 5.39. The lowest BCUT2D eigenvalue weighted by atomic mass is 9.89. The molecular formula is C13H17Cl2NO2. The van der Waals surface area contributed by atoms with Crippen molar-refractivity contribution >= 4 is 23.2 Å². The molecule has 0 saturated carbocycles. The standard InChI is InChI=1S/C13H17Cl2NO2/c1-13(17,7-10-8-18-5-4-16-10)11-6-9(14)2-3-12(11)15/h2-3,6,10,16-17H,4-5,7-8H2,1H3. The maximum atomic E-state index is 10.6. The normalized spacial score (nSPS) is 23.7. The topological polar surface area (TPSA) is 41.5 Å². The molecule has 0 spiro atoms. The molecule has 2 unspecified atom stereocenters. The molecule has 2 rings (SSSR count). The van der Waals surface area contributed by atoms with E-state index in [9.17, 15) is 5.11 Å². The van der Waals surface area contributed by atoms with Gasteiger partial charge in [0.25, 0.3) is 0 Å². The fourth-order valence-corrected chi connectivity index (χ4v) is 2.74. The summed E-state index contributed by atoms with van der Waals surface area (Å²) in [5, 5.41) is 15.0. The van der Waals surface area contributed by atoms with Gasteiger partial charge in [0, 0.05) is 28.2 Å². The zero-order valence-electron chi connectivity index (χ0n) is 10.2. The first-order valence-electron chi connectivity index (χ1n) is 5.98. The Hall–Kier alpha value is -0.320. The van der Waals surface area contributed by atoms with Crippen LogP contribution in [-0.2, 0) is 10.3 Å². The quantitative estimate of drug-likeness (QED) is 0.899. The first kappa shape index (κ1) is 14.1. The molecule has 1 heterocycles. The molecule has 1 aromatic rings. The van der Waals surface area contributed by atoms with Gasteiger partial charge < -0.3 is 15.2 Å². The predicted octanol–water partition coefficient (Wildman–Crippen LogP) is 2.58. The lowest BCUT2D eigenvalue weighted by Crippen LogP contribution is -2.45. The smallest absolute Gasteiger partial charge is 0.0899 e. The fourth-order valence-electron chi connectivity index (χ4n) is 2.25. The maximum absolute atomic E-state index is 10.6. The summed E-state index contributed by atoms with van der Waals surface area (Å²) in [5.41, 5.74) is -0.371. The Labute approximate surface area is 117 Å². The Morgan fingerprint density at radius 2 is 2.28 bits per heavy atom. The van der Waals surface area contributed by atoms with Crippen LogP contribution in [-0.4, -0.2) is 30.9 Å². The maximum Gasteiger partial charge on any atom is 0.0899 e. The van der Waals surface area contributed by atoms with Crippen LogP contribution in [0, 0.1) is 0 Å². The molecule has 1 fully saturated rings. The molecule has 3 nitrogen and oxygen atoms in total. The SMILES string of the molecule is CC(O)(CC1COCCN1)c1cc(Cl)ccc1Cl. The van der Waals surface area contributed by atoms with Crippen molar-refractivity contribution in [2.24, 2.45) is 0 Å². The highest BCUT2D eigenvalue weighted by atomic mass is 35.5. The van der Waals surface area contributed by atoms with Gasteiger partial charge in [-0.1, -0.05) is 23.2 Å². The number of ether oxygens (including phenoxy) is 1. The van der Waals surface area contributed by atoms with Crippen molar-refractivity contribution in [3.8, 4) is 0 Å². The fraction of sp³-hybridized carbons (Fsp3) is 0.538. The van der Waals surface area contributed by atoms with Crippen molar-refractivity contribution in [3.05, 3.63) is 33.8 Å². The minimum absolute atomic E-state index is 0.129. The summed E-state index contributed by atoms with van der Waals surface area (Å²) in [6.45, 7) is 3.88. The zero-order chi connectivity index (χ0) is 13.2. The van der Waals surface area contributed by atoms with Crippen LogP contribution < -0.4 is 5.32 Å². The summed E-state index contributed by atoms with van der Waals surface area (Å²) in [6, 6.07) is 5.26. The van der Waals surface area contributed by atoms with Gasteiger partial charge >= 0.3 is 0 Å². The molecule has 1 aliphatic heterocycles. The second-order valence-electron chi connectivity index (χ2n) is 4.83. The highest BCUT2D eigenvalue weighted by Crippen LogP contribution is 2.33. The van der Waals surface area contributed by atoms with Crippen molar-refractivity contribution in [3.63, 3.8) is 0 Å². The molecule has 0 aliphatic carbocycles. The van der Waals surface area contributed by atoms with Gasteiger partial charge in [-0.25, -0.2) is 0 Å². The van der Waals surface area contributed by atoms with E-state index in [1.807, 2.05) is 0 Å². The van der Waals surface area contributed by atoms with Crippen LogP contribution in [0.2, 0.25) is 10.0 Å². The lowest BCUT2D eigenvalue weighted by Gasteiger charge is -2.32. The molecular weight excluding hydrogens is 273 g/mol. The summed E-state index contributed by atoms with van der Waals surface area (Å²) in [4.78, 5) is 0. The Balaban J connectivity index is 2.15. The molecule has 5 heteroatoms. The van der Waals surface area contributed by atoms with Gasteiger partial charge in [0.05, 0.1) is 18.8 Å². The molecule has 1 aliphatic rings. The van der Waals surface area contributed by atoms with E-state index >= 15 is 0 Å². The molecule has 2 atom stereocenters. The van der Waals surface area contributed by atoms with E-state index in [0.29, 0.717) is 28.6 Å². The molecule has 0 amide bonds. The number of rotatable bonds is 3. The van der Waals surface area contributed by atoms with E-state index in [4.69, 9.17) is 27.9 Å². The molecule has 1 saturated heterocycles. The summed E-state index contributed by atoms with van der Waals surface area (Å²) in [6.07, 6.45) is 0.535. The van der Waals surface area contributed by atoms with Crippen molar-refractivity contribution in [1.29, 1.82) is 0 Å². The molecule has 18 heavy (non-hydrogen) atoms. The molecule has 0 bridgehead atoms. The van der Waals surface area contributed by atoms with E-state index < -0.39 is 5.60 Å². The summed E-state index contributed by atoms with van der Waals surface area (Å²) >= 11 is 12.1. The van der Waals surface area contributed by atoms with Crippen LogP contribution in [0.5, 0.6) is 0 Å². The molecule has 0 radical (unpaired) electrons. The third-order valence-corrected chi connectivity index (χ3v) is 3.72. The number of morpholine rings is 1. The van der Waals surface area contributed by atoms with Crippen molar-refractivity contribution in [2.45, 2.75) is 25.0 Å². The monoisotopic (exact) mass is 289 g/mol. The van der Waals surface area contributed by atoms with Gasteiger partial charge in [-0.3, -0.25) is 0 Å². The molecule has 1 aromatic carbocycles. The Morgan fingerprint density at radius 3 is 2.94 bits per heavy atom. The minimum atomic E-state index is -1.03. The predicted molar refractivity (Wildman–Crippen MR) is 73.3 cm³/mol. The highest BCUT2D eigenvalue weighted by molar-refractivity contribution is 6.33. The average molecular weight is 290 g/mol. The second-order valence-corrected chi connectivity index (χ2v) is 5.67. The van der Waals surface area contributed by atoms with E-state index in [1.54, 1.807) is 25.1 Å². The van der Waals surface area contributed by atoms with Gasteiger partial charge in [-0.05, 0) is 31.5 Å². The first-order valence-corrected chi connectivity index (χ1v) is 6.74. The van der Waals surface area contributed by atoms with Crippen molar-refractivity contribution < 1.29 is 9.84 Å². The number of benzene rings is 1. The molecule has 100 valence electrons. The third-order valence-electron chi connectivity index (χ3n) is 3.15. The summed E-state index contributed by atoms with van der Waals surface area (Å²) in [5.74, 6) is 0. The molecule has 0 aromatic heterocycles. The summed E-state index contributed by atoms with van der Waals surface area (Å²) in [7, 11) is 0. The van der Waals surface area contributed by atoms with Gasteiger partial charge in [0.2, 0.25) is 0 Å². The second kappa shape index (κ2) is 5.76. The van der Waals surface area contributed by atoms with Crippen LogP contribution in [0.25, 0.3) is 0 Å². The first-order chi connectivity index (χ1) is 8.49. The van der Waals surface area contributed by atoms with Crippen LogP contribution in [0.3, 0.4) is 0 Å². The van der Waals surface area contributed by atoms with Crippen LogP contribution >= 0.6 is 23.2 Å². The van der Waals surface area contributed by atoms with Crippen LogP contribution in [0.15, 0.2) is 18.2 Å². The lowest BCUT2D eigenvalue weighted by molar-refractivity contribution is 0.00329. The van der Waals surface area contributed by atoms with Crippen molar-refractivity contribution in [2.75, 3.05) is 19.8 Å². The Bertz CT molecular complexity index is 417. The largest absolute Gasteiger partial charge is 0.385 e. The third kappa shape index (κ3) is 3.37. The van der Waals surface area contributed by atoms with E-state index in [-0.39, 0.29) is 6.04 Å². The number of nitrogens with one attached hydrogen (secondary N) is 1. The van der Waals surface area contributed by atoms with Crippen LogP contribution in [0.1, 0.15) is 18.9 Å². The number of hydrogen-bond acceptors (Lipinski definition) is 3. The van der Waals surface area contributed by atoms with Gasteiger partial charge in [-0.15, -0.1) is 0 Å². The van der Waals surface area contributed by atoms with Gasteiger partial charge in [0.1, 0.15) is 0 Å². The number of hydrogen-bond donors (Lipinski definition) is 2. The minimum Gasteiger partial charge on any atom is -0.385 e. The van der Waals surface area contributed by atoms with E-state index in [0.717, 1.165) is 13.2 Å².